The quantitative estimate of drug-likeness (QED) is 0.704. The lowest BCUT2D eigenvalue weighted by atomic mass is 10.7. The molecule has 2 rings (SSSR count). The average Bonchev–Trinajstić information content (AvgIpc) is 2.94. The summed E-state index contributed by atoms with van der Waals surface area (Å²) in [7, 11) is 2.80. The fourth-order valence-electron chi connectivity index (χ4n) is 0.826. The zero-order chi connectivity index (χ0) is 11.4. The van der Waals surface area contributed by atoms with E-state index in [1.165, 1.54) is 14.2 Å². The molecule has 2 aromatic heterocycles. The number of methoxy groups -OCH3 is 2. The molecule has 2 aromatic rings. The molecule has 0 radical (unpaired) electrons. The number of ether oxygens (including phenoxy) is 2. The van der Waals surface area contributed by atoms with Gasteiger partial charge in [0.05, 0.1) is 14.2 Å². The Balaban J connectivity index is 2.21. The van der Waals surface area contributed by atoms with E-state index in [4.69, 9.17) is 9.47 Å². The molecule has 0 aliphatic carbocycles. The van der Waals surface area contributed by atoms with Crippen molar-refractivity contribution in [2.24, 2.45) is 10.2 Å². The fraction of sp³-hybridized carbons (Fsp3) is 0.333. The predicted octanol–water partition coefficient (Wildman–Crippen LogP) is 0.885. The van der Waals surface area contributed by atoms with Gasteiger partial charge < -0.3 is 9.47 Å². The molecule has 0 unspecified atom stereocenters. The van der Waals surface area contributed by atoms with Crippen molar-refractivity contribution in [1.82, 2.24) is 20.6 Å². The average molecular weight is 226 g/mol. The van der Waals surface area contributed by atoms with Crippen LogP contribution in [0.2, 0.25) is 0 Å². The number of aromatic nitrogens is 4. The Bertz CT molecular complexity index is 446. The van der Waals surface area contributed by atoms with E-state index in [2.05, 4.69) is 40.1 Å². The lowest BCUT2D eigenvalue weighted by molar-refractivity contribution is 0.281. The Morgan fingerprint density at radius 3 is 1.62 bits per heavy atom. The van der Waals surface area contributed by atoms with Crippen molar-refractivity contribution in [1.29, 1.82) is 0 Å². The summed E-state index contributed by atoms with van der Waals surface area (Å²) in [4.78, 5) is 0. The first-order valence-corrected chi connectivity index (χ1v) is 4.00. The highest BCUT2D eigenvalue weighted by Gasteiger charge is 2.12. The van der Waals surface area contributed by atoms with Gasteiger partial charge in [-0.3, -0.25) is 0 Å². The topological polar surface area (TPSA) is 121 Å². The van der Waals surface area contributed by atoms with Gasteiger partial charge in [0.15, 0.2) is 0 Å². The molecule has 0 N–H and O–H groups in total. The minimum atomic E-state index is 0.0764. The third kappa shape index (κ3) is 1.80. The molecular formula is C6H6N6O4. The molecular weight excluding hydrogens is 220 g/mol. The number of hydrogen-bond donors (Lipinski definition) is 0. The van der Waals surface area contributed by atoms with Gasteiger partial charge in [0, 0.05) is 0 Å². The van der Waals surface area contributed by atoms with Gasteiger partial charge in [0.1, 0.15) is 0 Å². The molecule has 10 nitrogen and oxygen atoms in total. The van der Waals surface area contributed by atoms with Crippen LogP contribution in [0.15, 0.2) is 19.5 Å². The Kier molecular flexibility index (Phi) is 2.71. The van der Waals surface area contributed by atoms with E-state index in [0.29, 0.717) is 0 Å². The summed E-state index contributed by atoms with van der Waals surface area (Å²) >= 11 is 0. The minimum Gasteiger partial charge on any atom is -0.476 e. The number of hydrogen-bond acceptors (Lipinski definition) is 10. The first-order chi connectivity index (χ1) is 7.85. The van der Waals surface area contributed by atoms with Crippen LogP contribution < -0.4 is 9.47 Å². The van der Waals surface area contributed by atoms with Crippen LogP contribution in [0.1, 0.15) is 0 Å². The lowest BCUT2D eigenvalue weighted by Crippen LogP contribution is -1.82. The van der Waals surface area contributed by atoms with E-state index in [9.17, 15) is 0 Å². The van der Waals surface area contributed by atoms with Gasteiger partial charge in [-0.1, -0.05) is 0 Å². The Hall–Kier alpha value is -2.52. The van der Waals surface area contributed by atoms with E-state index in [1.807, 2.05) is 0 Å². The summed E-state index contributed by atoms with van der Waals surface area (Å²) in [6.45, 7) is 0. The normalized spacial score (nSPS) is 10.9. The van der Waals surface area contributed by atoms with E-state index >= 15 is 0 Å². The number of azo groups is 1. The van der Waals surface area contributed by atoms with Gasteiger partial charge in [-0.25, -0.2) is 9.26 Å². The van der Waals surface area contributed by atoms with Crippen molar-refractivity contribution in [2.75, 3.05) is 14.2 Å². The third-order valence-corrected chi connectivity index (χ3v) is 1.51. The summed E-state index contributed by atoms with van der Waals surface area (Å²) < 4.78 is 18.4. The zero-order valence-electron chi connectivity index (χ0n) is 8.32. The van der Waals surface area contributed by atoms with Crippen molar-refractivity contribution in [3.05, 3.63) is 0 Å². The van der Waals surface area contributed by atoms with Gasteiger partial charge in [-0.05, 0) is 20.6 Å². The third-order valence-electron chi connectivity index (χ3n) is 1.51. The highest BCUT2D eigenvalue weighted by atomic mass is 16.6. The SMILES string of the molecule is COc1nonc1N=Nc1nonc1OC. The molecule has 0 atom stereocenters. The maximum atomic E-state index is 4.80. The number of rotatable bonds is 4. The molecule has 84 valence electrons. The van der Waals surface area contributed by atoms with Crippen LogP contribution in [0.25, 0.3) is 0 Å². The predicted molar refractivity (Wildman–Crippen MR) is 45.9 cm³/mol. The summed E-state index contributed by atoms with van der Waals surface area (Å²) in [6, 6.07) is 0. The molecule has 0 spiro atoms. The summed E-state index contributed by atoms with van der Waals surface area (Å²) in [5.41, 5.74) is 0. The smallest absolute Gasteiger partial charge is 0.304 e. The molecule has 0 aliphatic heterocycles. The fourth-order valence-corrected chi connectivity index (χ4v) is 0.826. The molecule has 16 heavy (non-hydrogen) atoms. The zero-order valence-corrected chi connectivity index (χ0v) is 8.32. The van der Waals surface area contributed by atoms with Gasteiger partial charge >= 0.3 is 11.8 Å². The van der Waals surface area contributed by atoms with Crippen molar-refractivity contribution >= 4 is 11.6 Å². The first kappa shape index (κ1) is 10.0. The van der Waals surface area contributed by atoms with Crippen LogP contribution in [0, 0.1) is 0 Å². The summed E-state index contributed by atoms with van der Waals surface area (Å²) in [6.07, 6.45) is 0. The molecule has 0 saturated carbocycles. The van der Waals surface area contributed by atoms with E-state index in [0.717, 1.165) is 0 Å². The highest BCUT2D eigenvalue weighted by Crippen LogP contribution is 2.26. The first-order valence-electron chi connectivity index (χ1n) is 4.00. The highest BCUT2D eigenvalue weighted by molar-refractivity contribution is 5.39. The monoisotopic (exact) mass is 226 g/mol. The van der Waals surface area contributed by atoms with Crippen LogP contribution in [-0.2, 0) is 0 Å². The largest absolute Gasteiger partial charge is 0.476 e. The Morgan fingerprint density at radius 1 is 0.812 bits per heavy atom. The lowest BCUT2D eigenvalue weighted by Gasteiger charge is -1.90. The van der Waals surface area contributed by atoms with Crippen molar-refractivity contribution in [3.8, 4) is 11.8 Å². The van der Waals surface area contributed by atoms with Crippen LogP contribution in [0.4, 0.5) is 11.6 Å². The standard InChI is InChI=1S/C6H6N6O4/c1-13-5-3(9-15-11-5)7-8-4-6(14-2)12-16-10-4/h1-2H3. The maximum absolute atomic E-state index is 4.80. The molecule has 0 amide bonds. The van der Waals surface area contributed by atoms with Crippen LogP contribution in [-0.4, -0.2) is 34.8 Å². The van der Waals surface area contributed by atoms with Gasteiger partial charge in [0.2, 0.25) is 0 Å². The molecule has 0 bridgehead atoms. The molecule has 0 aromatic carbocycles. The molecule has 0 fully saturated rings. The van der Waals surface area contributed by atoms with E-state index < -0.39 is 0 Å². The summed E-state index contributed by atoms with van der Waals surface area (Å²) in [5.74, 6) is 0.374. The maximum Gasteiger partial charge on any atom is 0.304 e. The van der Waals surface area contributed by atoms with E-state index in [-0.39, 0.29) is 23.4 Å². The second kappa shape index (κ2) is 4.33. The molecule has 2 heterocycles. The Labute approximate surface area is 88.2 Å². The van der Waals surface area contributed by atoms with Gasteiger partial charge in [-0.15, -0.1) is 10.2 Å². The molecule has 10 heteroatoms. The van der Waals surface area contributed by atoms with Gasteiger partial charge in [-0.2, -0.15) is 0 Å². The van der Waals surface area contributed by atoms with E-state index in [1.54, 1.807) is 0 Å². The molecule has 0 aliphatic rings. The second-order valence-corrected chi connectivity index (χ2v) is 2.39. The van der Waals surface area contributed by atoms with Crippen LogP contribution in [0.3, 0.4) is 0 Å². The number of nitrogens with zero attached hydrogens (tertiary/aromatic N) is 6. The van der Waals surface area contributed by atoms with Gasteiger partial charge in [0.25, 0.3) is 11.6 Å². The second-order valence-electron chi connectivity index (χ2n) is 2.39. The van der Waals surface area contributed by atoms with Crippen molar-refractivity contribution < 1.29 is 18.7 Å². The van der Waals surface area contributed by atoms with Crippen LogP contribution in [0.5, 0.6) is 11.8 Å². The Morgan fingerprint density at radius 2 is 1.25 bits per heavy atom. The van der Waals surface area contributed by atoms with Crippen LogP contribution >= 0.6 is 0 Å². The van der Waals surface area contributed by atoms with Crippen molar-refractivity contribution in [3.63, 3.8) is 0 Å². The summed E-state index contributed by atoms with van der Waals surface area (Å²) in [5, 5.41) is 21.1. The minimum absolute atomic E-state index is 0.0764. The molecule has 0 saturated heterocycles. The van der Waals surface area contributed by atoms with Crippen molar-refractivity contribution in [2.45, 2.75) is 0 Å².